The highest BCUT2D eigenvalue weighted by Crippen LogP contribution is 2.34. The van der Waals surface area contributed by atoms with Gasteiger partial charge in [0.15, 0.2) is 5.82 Å². The molecule has 1 saturated carbocycles. The molecule has 0 saturated heterocycles. The van der Waals surface area contributed by atoms with Crippen LogP contribution in [0.2, 0.25) is 0 Å². The van der Waals surface area contributed by atoms with E-state index in [0.717, 1.165) is 39.6 Å². The van der Waals surface area contributed by atoms with Crippen LogP contribution in [0.25, 0.3) is 10.8 Å². The van der Waals surface area contributed by atoms with Crippen LogP contribution in [0.15, 0.2) is 24.3 Å². The van der Waals surface area contributed by atoms with Crippen molar-refractivity contribution in [2.45, 2.75) is 35.8 Å². The van der Waals surface area contributed by atoms with Crippen LogP contribution in [0.5, 0.6) is 0 Å². The molecule has 1 aromatic heterocycles. The maximum atomic E-state index is 9.78. The van der Waals surface area contributed by atoms with Crippen LogP contribution in [0.1, 0.15) is 25.5 Å². The largest absolute Gasteiger partial charge is 0.390 e. The second-order valence-corrected chi connectivity index (χ2v) is 6.18. The molecule has 2 aromatic rings. The van der Waals surface area contributed by atoms with Gasteiger partial charge in [-0.3, -0.25) is 0 Å². The SMILES string of the molecule is CC1(O)CC(Nc2nnc(CI)c3ccccc23)C1. The van der Waals surface area contributed by atoms with Gasteiger partial charge in [-0.1, -0.05) is 46.9 Å². The van der Waals surface area contributed by atoms with E-state index in [1.165, 1.54) is 0 Å². The Morgan fingerprint density at radius 2 is 2.00 bits per heavy atom. The van der Waals surface area contributed by atoms with E-state index in [9.17, 15) is 5.11 Å². The van der Waals surface area contributed by atoms with Crippen molar-refractivity contribution in [1.82, 2.24) is 10.2 Å². The zero-order valence-electron chi connectivity index (χ0n) is 10.7. The number of nitrogens with one attached hydrogen (secondary N) is 1. The van der Waals surface area contributed by atoms with Crippen LogP contribution in [0, 0.1) is 0 Å². The lowest BCUT2D eigenvalue weighted by molar-refractivity contribution is -0.0235. The monoisotopic (exact) mass is 369 g/mol. The highest BCUT2D eigenvalue weighted by atomic mass is 127. The minimum absolute atomic E-state index is 0.290. The number of fused-ring (bicyclic) bond motifs is 1. The van der Waals surface area contributed by atoms with Gasteiger partial charge in [0.25, 0.3) is 0 Å². The molecule has 4 nitrogen and oxygen atoms in total. The second-order valence-electron chi connectivity index (χ2n) is 5.42. The fourth-order valence-electron chi connectivity index (χ4n) is 2.66. The zero-order valence-corrected chi connectivity index (χ0v) is 12.9. The molecule has 0 aliphatic heterocycles. The molecule has 100 valence electrons. The highest BCUT2D eigenvalue weighted by Gasteiger charge is 2.38. The number of hydrogen-bond donors (Lipinski definition) is 2. The highest BCUT2D eigenvalue weighted by molar-refractivity contribution is 14.1. The summed E-state index contributed by atoms with van der Waals surface area (Å²) in [6.07, 6.45) is 1.52. The molecule has 0 bridgehead atoms. The van der Waals surface area contributed by atoms with Gasteiger partial charge in [-0.2, -0.15) is 5.10 Å². The van der Waals surface area contributed by atoms with Crippen molar-refractivity contribution in [3.8, 4) is 0 Å². The lowest BCUT2D eigenvalue weighted by Gasteiger charge is -2.41. The zero-order chi connectivity index (χ0) is 13.5. The number of rotatable bonds is 3. The Morgan fingerprint density at radius 1 is 1.32 bits per heavy atom. The third-order valence-electron chi connectivity index (χ3n) is 3.60. The summed E-state index contributed by atoms with van der Waals surface area (Å²) in [5.41, 5.74) is 0.491. The van der Waals surface area contributed by atoms with Gasteiger partial charge >= 0.3 is 0 Å². The van der Waals surface area contributed by atoms with Crippen molar-refractivity contribution in [1.29, 1.82) is 0 Å². The maximum absolute atomic E-state index is 9.78. The quantitative estimate of drug-likeness (QED) is 0.645. The summed E-state index contributed by atoms with van der Waals surface area (Å²) in [6.45, 7) is 1.87. The Hall–Kier alpha value is -0.950. The van der Waals surface area contributed by atoms with Gasteiger partial charge in [0.2, 0.25) is 0 Å². The molecule has 1 fully saturated rings. The fourth-order valence-corrected chi connectivity index (χ4v) is 3.23. The molecule has 2 N–H and O–H groups in total. The molecular weight excluding hydrogens is 353 g/mol. The minimum atomic E-state index is -0.525. The summed E-state index contributed by atoms with van der Waals surface area (Å²) in [5.74, 6) is 0.824. The smallest absolute Gasteiger partial charge is 0.156 e. The molecule has 3 rings (SSSR count). The van der Waals surface area contributed by atoms with E-state index >= 15 is 0 Å². The van der Waals surface area contributed by atoms with Crippen LogP contribution in [0.3, 0.4) is 0 Å². The number of hydrogen-bond acceptors (Lipinski definition) is 4. The van der Waals surface area contributed by atoms with Crippen LogP contribution < -0.4 is 5.32 Å². The van der Waals surface area contributed by atoms with Gasteiger partial charge in [-0.05, 0) is 19.8 Å². The van der Waals surface area contributed by atoms with Crippen molar-refractivity contribution in [3.05, 3.63) is 30.0 Å². The van der Waals surface area contributed by atoms with Crippen molar-refractivity contribution in [2.75, 3.05) is 5.32 Å². The number of aromatic nitrogens is 2. The average Bonchev–Trinajstić information content (AvgIpc) is 2.37. The van der Waals surface area contributed by atoms with Crippen molar-refractivity contribution in [2.24, 2.45) is 0 Å². The van der Waals surface area contributed by atoms with E-state index in [0.29, 0.717) is 0 Å². The molecule has 0 radical (unpaired) electrons. The Morgan fingerprint density at radius 3 is 2.63 bits per heavy atom. The molecular formula is C14H16IN3O. The van der Waals surface area contributed by atoms with Crippen LogP contribution in [-0.4, -0.2) is 26.9 Å². The van der Waals surface area contributed by atoms with Gasteiger partial charge in [0, 0.05) is 21.2 Å². The number of halogens is 1. The van der Waals surface area contributed by atoms with Gasteiger partial charge in [-0.15, -0.1) is 5.10 Å². The predicted molar refractivity (Wildman–Crippen MR) is 84.5 cm³/mol. The van der Waals surface area contributed by atoms with E-state index in [-0.39, 0.29) is 6.04 Å². The van der Waals surface area contributed by atoms with Gasteiger partial charge in [0.05, 0.1) is 11.3 Å². The van der Waals surface area contributed by atoms with Gasteiger partial charge in [0.1, 0.15) is 0 Å². The first-order chi connectivity index (χ1) is 9.09. The predicted octanol–water partition coefficient (Wildman–Crippen LogP) is 2.89. The average molecular weight is 369 g/mol. The molecule has 1 aliphatic rings. The number of anilines is 1. The van der Waals surface area contributed by atoms with Crippen LogP contribution in [-0.2, 0) is 4.43 Å². The van der Waals surface area contributed by atoms with E-state index < -0.39 is 5.60 Å². The lowest BCUT2D eigenvalue weighted by atomic mass is 9.77. The molecule has 0 atom stereocenters. The minimum Gasteiger partial charge on any atom is -0.390 e. The molecule has 1 heterocycles. The third kappa shape index (κ3) is 2.53. The Bertz CT molecular complexity index is 607. The summed E-state index contributed by atoms with van der Waals surface area (Å²) < 4.78 is 0.851. The summed E-state index contributed by atoms with van der Waals surface area (Å²) in [5, 5.41) is 24.0. The van der Waals surface area contributed by atoms with E-state index in [1.54, 1.807) is 0 Å². The Labute approximate surface area is 125 Å². The molecule has 1 aliphatic carbocycles. The van der Waals surface area contributed by atoms with Crippen molar-refractivity contribution in [3.63, 3.8) is 0 Å². The lowest BCUT2D eigenvalue weighted by Crippen LogP contribution is -2.48. The summed E-state index contributed by atoms with van der Waals surface area (Å²) in [4.78, 5) is 0. The Balaban J connectivity index is 1.92. The van der Waals surface area contributed by atoms with Gasteiger partial charge < -0.3 is 10.4 Å². The molecule has 0 unspecified atom stereocenters. The van der Waals surface area contributed by atoms with E-state index in [2.05, 4.69) is 50.2 Å². The Kier molecular flexibility index (Phi) is 3.34. The summed E-state index contributed by atoms with van der Waals surface area (Å²) in [7, 11) is 0. The van der Waals surface area contributed by atoms with Crippen molar-refractivity contribution < 1.29 is 5.11 Å². The second kappa shape index (κ2) is 4.86. The topological polar surface area (TPSA) is 58.0 Å². The third-order valence-corrected chi connectivity index (χ3v) is 4.33. The van der Waals surface area contributed by atoms with E-state index in [4.69, 9.17) is 0 Å². The first-order valence-corrected chi connectivity index (χ1v) is 7.91. The van der Waals surface area contributed by atoms with E-state index in [1.807, 2.05) is 19.1 Å². The summed E-state index contributed by atoms with van der Waals surface area (Å²) in [6, 6.07) is 8.48. The summed E-state index contributed by atoms with van der Waals surface area (Å²) >= 11 is 2.31. The number of nitrogens with zero attached hydrogens (tertiary/aromatic N) is 2. The molecule has 5 heteroatoms. The first-order valence-electron chi connectivity index (χ1n) is 6.38. The molecule has 1 aromatic carbocycles. The standard InChI is InChI=1S/C14H16IN3O/c1-14(19)6-9(7-14)16-13-11-5-3-2-4-10(11)12(8-15)17-18-13/h2-5,9,19H,6-8H2,1H3,(H,16,18). The molecule has 19 heavy (non-hydrogen) atoms. The normalized spacial score (nSPS) is 26.2. The number of alkyl halides is 1. The maximum Gasteiger partial charge on any atom is 0.156 e. The molecule has 0 spiro atoms. The van der Waals surface area contributed by atoms with Crippen molar-refractivity contribution >= 4 is 39.2 Å². The van der Waals surface area contributed by atoms with Gasteiger partial charge in [-0.25, -0.2) is 0 Å². The number of aliphatic hydroxyl groups is 1. The number of benzene rings is 1. The fraction of sp³-hybridized carbons (Fsp3) is 0.429. The van der Waals surface area contributed by atoms with Crippen LogP contribution in [0.4, 0.5) is 5.82 Å². The molecule has 0 amide bonds. The van der Waals surface area contributed by atoms with Crippen LogP contribution >= 0.6 is 22.6 Å². The first kappa shape index (κ1) is 13.1.